The molecule has 0 radical (unpaired) electrons. The van der Waals surface area contributed by atoms with Gasteiger partial charge in [-0.2, -0.15) is 16.9 Å². The Balaban J connectivity index is 2.08. The summed E-state index contributed by atoms with van der Waals surface area (Å²) in [6.45, 7) is 4.98. The highest BCUT2D eigenvalue weighted by atomic mass is 32.2. The molecule has 2 heterocycles. The SMILES string of the molecule is CCn1nc(C)c2nc(N)n(C3CCCC(SC)C3)c21. The largest absolute Gasteiger partial charge is 0.369 e. The minimum atomic E-state index is 0.465. The maximum Gasteiger partial charge on any atom is 0.202 e. The molecule has 110 valence electrons. The average Bonchev–Trinajstić information content (AvgIpc) is 2.95. The molecule has 0 aromatic carbocycles. The molecule has 2 aromatic heterocycles. The average molecular weight is 293 g/mol. The Hall–Kier alpha value is -1.17. The molecular formula is C14H23N5S. The molecule has 0 amide bonds. The summed E-state index contributed by atoms with van der Waals surface area (Å²) in [5.41, 5.74) is 9.26. The van der Waals surface area contributed by atoms with E-state index in [0.29, 0.717) is 12.0 Å². The van der Waals surface area contributed by atoms with Crippen LogP contribution >= 0.6 is 11.8 Å². The van der Waals surface area contributed by atoms with Crippen molar-refractivity contribution in [1.29, 1.82) is 0 Å². The van der Waals surface area contributed by atoms with E-state index in [2.05, 4.69) is 27.8 Å². The predicted molar refractivity (Wildman–Crippen MR) is 85.1 cm³/mol. The summed E-state index contributed by atoms with van der Waals surface area (Å²) in [7, 11) is 0. The third-order valence-corrected chi connectivity index (χ3v) is 5.46. The van der Waals surface area contributed by atoms with Crippen LogP contribution in [0.5, 0.6) is 0 Å². The summed E-state index contributed by atoms with van der Waals surface area (Å²) < 4.78 is 4.28. The Labute approximate surface area is 123 Å². The molecule has 0 saturated heterocycles. The molecule has 5 nitrogen and oxygen atoms in total. The minimum absolute atomic E-state index is 0.465. The Morgan fingerprint density at radius 2 is 2.20 bits per heavy atom. The van der Waals surface area contributed by atoms with Crippen molar-refractivity contribution in [1.82, 2.24) is 19.3 Å². The van der Waals surface area contributed by atoms with Gasteiger partial charge < -0.3 is 5.73 Å². The third-order valence-electron chi connectivity index (χ3n) is 4.37. The van der Waals surface area contributed by atoms with Gasteiger partial charge in [0.25, 0.3) is 0 Å². The lowest BCUT2D eigenvalue weighted by molar-refractivity contribution is 0.366. The van der Waals surface area contributed by atoms with Crippen molar-refractivity contribution in [2.24, 2.45) is 0 Å². The molecule has 0 aliphatic heterocycles. The van der Waals surface area contributed by atoms with Crippen molar-refractivity contribution in [3.63, 3.8) is 0 Å². The van der Waals surface area contributed by atoms with Gasteiger partial charge in [-0.15, -0.1) is 0 Å². The van der Waals surface area contributed by atoms with Crippen LogP contribution in [0.3, 0.4) is 0 Å². The molecular weight excluding hydrogens is 270 g/mol. The van der Waals surface area contributed by atoms with Crippen LogP contribution in [0.1, 0.15) is 44.3 Å². The number of nitrogen functional groups attached to an aromatic ring is 1. The van der Waals surface area contributed by atoms with Crippen LogP contribution < -0.4 is 5.73 Å². The fourth-order valence-corrected chi connectivity index (χ4v) is 4.17. The van der Waals surface area contributed by atoms with Gasteiger partial charge in [0.15, 0.2) is 5.65 Å². The van der Waals surface area contributed by atoms with Crippen LogP contribution in [0.4, 0.5) is 5.95 Å². The number of aromatic nitrogens is 4. The van der Waals surface area contributed by atoms with Crippen LogP contribution in [0.15, 0.2) is 0 Å². The van der Waals surface area contributed by atoms with E-state index in [-0.39, 0.29) is 0 Å². The highest BCUT2D eigenvalue weighted by Crippen LogP contribution is 2.37. The Bertz CT molecular complexity index is 615. The number of anilines is 1. The molecule has 0 bridgehead atoms. The Kier molecular flexibility index (Phi) is 3.67. The molecule has 20 heavy (non-hydrogen) atoms. The van der Waals surface area contributed by atoms with Gasteiger partial charge in [-0.25, -0.2) is 9.67 Å². The van der Waals surface area contributed by atoms with Crippen molar-refractivity contribution >= 4 is 28.9 Å². The first-order valence-electron chi connectivity index (χ1n) is 7.39. The van der Waals surface area contributed by atoms with E-state index in [1.54, 1.807) is 0 Å². The van der Waals surface area contributed by atoms with Crippen molar-refractivity contribution in [2.75, 3.05) is 12.0 Å². The van der Waals surface area contributed by atoms with E-state index in [0.717, 1.165) is 28.7 Å². The second-order valence-electron chi connectivity index (χ2n) is 5.59. The quantitative estimate of drug-likeness (QED) is 0.945. The normalized spacial score (nSPS) is 23.6. The van der Waals surface area contributed by atoms with Crippen molar-refractivity contribution in [3.8, 4) is 0 Å². The lowest BCUT2D eigenvalue weighted by atomic mass is 9.95. The molecule has 2 N–H and O–H groups in total. The zero-order valence-electron chi connectivity index (χ0n) is 12.5. The topological polar surface area (TPSA) is 61.7 Å². The zero-order valence-corrected chi connectivity index (χ0v) is 13.3. The van der Waals surface area contributed by atoms with Gasteiger partial charge in [-0.3, -0.25) is 4.57 Å². The van der Waals surface area contributed by atoms with Crippen LogP contribution in [-0.2, 0) is 6.54 Å². The number of aryl methyl sites for hydroxylation is 2. The number of hydrogen-bond acceptors (Lipinski definition) is 4. The third kappa shape index (κ3) is 2.10. The summed E-state index contributed by atoms with van der Waals surface area (Å²) in [6.07, 6.45) is 7.18. The molecule has 0 spiro atoms. The fourth-order valence-electron chi connectivity index (χ4n) is 3.36. The van der Waals surface area contributed by atoms with Crippen LogP contribution in [-0.4, -0.2) is 30.8 Å². The molecule has 1 aliphatic carbocycles. The molecule has 2 unspecified atom stereocenters. The maximum absolute atomic E-state index is 6.21. The maximum atomic E-state index is 6.21. The van der Waals surface area contributed by atoms with Gasteiger partial charge in [-0.1, -0.05) is 6.42 Å². The second kappa shape index (κ2) is 5.31. The van der Waals surface area contributed by atoms with E-state index in [1.807, 2.05) is 23.4 Å². The first kappa shape index (κ1) is 13.8. The second-order valence-corrected chi connectivity index (χ2v) is 6.73. The van der Waals surface area contributed by atoms with Crippen molar-refractivity contribution in [2.45, 2.75) is 57.4 Å². The monoisotopic (exact) mass is 293 g/mol. The van der Waals surface area contributed by atoms with Crippen LogP contribution in [0.25, 0.3) is 11.2 Å². The van der Waals surface area contributed by atoms with E-state index in [9.17, 15) is 0 Å². The van der Waals surface area contributed by atoms with Gasteiger partial charge in [-0.05, 0) is 39.4 Å². The predicted octanol–water partition coefficient (Wildman–Crippen LogP) is 2.99. The van der Waals surface area contributed by atoms with Gasteiger partial charge in [0.2, 0.25) is 5.95 Å². The number of fused-ring (bicyclic) bond motifs is 1. The summed E-state index contributed by atoms with van der Waals surface area (Å²) in [6, 6.07) is 0.465. The lowest BCUT2D eigenvalue weighted by Gasteiger charge is -2.29. The van der Waals surface area contributed by atoms with E-state index in [4.69, 9.17) is 5.73 Å². The molecule has 6 heteroatoms. The fraction of sp³-hybridized carbons (Fsp3) is 0.714. The number of imidazole rings is 1. The highest BCUT2D eigenvalue weighted by molar-refractivity contribution is 7.99. The van der Waals surface area contributed by atoms with Gasteiger partial charge >= 0.3 is 0 Å². The molecule has 2 aromatic rings. The number of hydrogen-bond donors (Lipinski definition) is 1. The van der Waals surface area contributed by atoms with Gasteiger partial charge in [0.05, 0.1) is 5.69 Å². The smallest absolute Gasteiger partial charge is 0.202 e. The van der Waals surface area contributed by atoms with Crippen LogP contribution in [0.2, 0.25) is 0 Å². The standard InChI is InChI=1S/C14H23N5S/c1-4-18-13-12(9(2)17-18)16-14(15)19(13)10-6-5-7-11(8-10)20-3/h10-11H,4-8H2,1-3H3,(H2,15,16). The number of nitrogens with zero attached hydrogens (tertiary/aromatic N) is 4. The first-order valence-corrected chi connectivity index (χ1v) is 8.68. The van der Waals surface area contributed by atoms with Gasteiger partial charge in [0, 0.05) is 17.8 Å². The number of thioether (sulfide) groups is 1. The van der Waals surface area contributed by atoms with Crippen molar-refractivity contribution < 1.29 is 0 Å². The van der Waals surface area contributed by atoms with E-state index >= 15 is 0 Å². The van der Waals surface area contributed by atoms with Crippen LogP contribution in [0, 0.1) is 6.92 Å². The zero-order chi connectivity index (χ0) is 14.3. The molecule has 1 fully saturated rings. The summed E-state index contributed by atoms with van der Waals surface area (Å²) in [5.74, 6) is 0.648. The number of nitrogens with two attached hydrogens (primary N) is 1. The Morgan fingerprint density at radius 3 is 2.90 bits per heavy atom. The summed E-state index contributed by atoms with van der Waals surface area (Å²) >= 11 is 1.98. The van der Waals surface area contributed by atoms with Gasteiger partial charge in [0.1, 0.15) is 5.52 Å². The van der Waals surface area contributed by atoms with Crippen molar-refractivity contribution in [3.05, 3.63) is 5.69 Å². The van der Waals surface area contributed by atoms with E-state index < -0.39 is 0 Å². The molecule has 1 aliphatic rings. The summed E-state index contributed by atoms with van der Waals surface area (Å²) in [5, 5.41) is 5.32. The highest BCUT2D eigenvalue weighted by Gasteiger charge is 2.27. The molecule has 1 saturated carbocycles. The minimum Gasteiger partial charge on any atom is -0.369 e. The Morgan fingerprint density at radius 1 is 1.40 bits per heavy atom. The summed E-state index contributed by atoms with van der Waals surface area (Å²) in [4.78, 5) is 4.56. The number of rotatable bonds is 3. The van der Waals surface area contributed by atoms with E-state index in [1.165, 1.54) is 25.7 Å². The lowest BCUT2D eigenvalue weighted by Crippen LogP contribution is -2.22. The molecule has 2 atom stereocenters. The molecule has 3 rings (SSSR count). The first-order chi connectivity index (χ1) is 9.65.